The fourth-order valence-electron chi connectivity index (χ4n) is 8.78. The van der Waals surface area contributed by atoms with Crippen molar-refractivity contribution in [1.29, 1.82) is 5.26 Å². The molecule has 0 saturated carbocycles. The Balaban J connectivity index is 1.25. The van der Waals surface area contributed by atoms with Gasteiger partial charge in [-0.15, -0.1) is 22.7 Å². The predicted molar refractivity (Wildman–Crippen MR) is 229 cm³/mol. The molecule has 0 radical (unpaired) electrons. The van der Waals surface area contributed by atoms with Crippen molar-refractivity contribution in [3.05, 3.63) is 164 Å². The van der Waals surface area contributed by atoms with E-state index in [0.717, 1.165) is 44.6 Å². The Bertz CT molecular complexity index is 3370. The first-order valence-electron chi connectivity index (χ1n) is 17.9. The summed E-state index contributed by atoms with van der Waals surface area (Å²) in [6, 6.07) is 54.8. The molecule has 0 spiro atoms. The van der Waals surface area contributed by atoms with E-state index in [4.69, 9.17) is 0 Å². The van der Waals surface area contributed by atoms with E-state index in [0.29, 0.717) is 5.56 Å². The van der Waals surface area contributed by atoms with Gasteiger partial charge in [-0.2, -0.15) is 5.26 Å². The number of thiophene rings is 2. The van der Waals surface area contributed by atoms with Crippen LogP contribution in [-0.4, -0.2) is 14.1 Å². The second-order valence-electron chi connectivity index (χ2n) is 13.8. The summed E-state index contributed by atoms with van der Waals surface area (Å²) in [7, 11) is 0. The smallest absolute Gasteiger partial charge is 0.104 e. The minimum Gasteiger partial charge on any atom is -0.308 e. The maximum Gasteiger partial charge on any atom is 0.104 e. The predicted octanol–water partition coefficient (Wildman–Crippen LogP) is 13.6. The number of hydrogen-bond donors (Lipinski definition) is 0. The highest BCUT2D eigenvalue weighted by Crippen LogP contribution is 2.47. The molecule has 12 rings (SSSR count). The van der Waals surface area contributed by atoms with Crippen molar-refractivity contribution in [2.75, 3.05) is 0 Å². The summed E-state index contributed by atoms with van der Waals surface area (Å²) in [5.74, 6) is 0. The molecule has 250 valence electrons. The molecule has 0 unspecified atom stereocenters. The lowest BCUT2D eigenvalue weighted by atomic mass is 10.0. The molecule has 0 atom stereocenters. The Kier molecular flexibility index (Phi) is 6.12. The van der Waals surface area contributed by atoms with Gasteiger partial charge in [0.1, 0.15) is 11.6 Å². The Labute approximate surface area is 316 Å². The van der Waals surface area contributed by atoms with Crippen LogP contribution in [0.3, 0.4) is 0 Å². The number of nitrogens with zero attached hydrogens (tertiary/aromatic N) is 4. The van der Waals surface area contributed by atoms with Gasteiger partial charge in [0.2, 0.25) is 0 Å². The third-order valence-corrected chi connectivity index (χ3v) is 13.5. The number of pyridine rings is 1. The summed E-state index contributed by atoms with van der Waals surface area (Å²) < 4.78 is 9.72. The van der Waals surface area contributed by atoms with Crippen LogP contribution in [0.5, 0.6) is 0 Å². The maximum atomic E-state index is 11.4. The summed E-state index contributed by atoms with van der Waals surface area (Å²) in [5.41, 5.74) is 8.68. The van der Waals surface area contributed by atoms with E-state index in [1.165, 1.54) is 61.9 Å². The molecule has 5 heterocycles. The molecule has 0 bridgehead atoms. The summed E-state index contributed by atoms with van der Waals surface area (Å²) >= 11 is 3.68. The van der Waals surface area contributed by atoms with Crippen LogP contribution in [-0.2, 0) is 0 Å². The summed E-state index contributed by atoms with van der Waals surface area (Å²) in [6.45, 7) is 0. The van der Waals surface area contributed by atoms with Gasteiger partial charge in [0.05, 0.1) is 33.4 Å². The van der Waals surface area contributed by atoms with Gasteiger partial charge in [0, 0.05) is 74.3 Å². The molecule has 4 nitrogen and oxygen atoms in total. The van der Waals surface area contributed by atoms with Crippen LogP contribution in [0.4, 0.5) is 0 Å². The molecule has 54 heavy (non-hydrogen) atoms. The van der Waals surface area contributed by atoms with Gasteiger partial charge in [0.25, 0.3) is 0 Å². The fourth-order valence-corrected chi connectivity index (χ4v) is 11.3. The van der Waals surface area contributed by atoms with E-state index < -0.39 is 0 Å². The van der Waals surface area contributed by atoms with E-state index in [9.17, 15) is 5.26 Å². The summed E-state index contributed by atoms with van der Waals surface area (Å²) in [6.07, 6.45) is 3.67. The zero-order valence-corrected chi connectivity index (χ0v) is 30.2. The van der Waals surface area contributed by atoms with Crippen molar-refractivity contribution < 1.29 is 0 Å². The highest BCUT2D eigenvalue weighted by atomic mass is 32.1. The number of benzene rings is 7. The second kappa shape index (κ2) is 11.1. The first-order chi connectivity index (χ1) is 26.8. The molecule has 0 N–H and O–H groups in total. The lowest BCUT2D eigenvalue weighted by Gasteiger charge is -2.18. The second-order valence-corrected chi connectivity index (χ2v) is 15.9. The minimum atomic E-state index is 0.617. The quantitative estimate of drug-likeness (QED) is 0.182. The highest BCUT2D eigenvalue weighted by Gasteiger charge is 2.24. The van der Waals surface area contributed by atoms with Crippen molar-refractivity contribution in [3.63, 3.8) is 0 Å². The van der Waals surface area contributed by atoms with Crippen molar-refractivity contribution in [3.8, 4) is 28.6 Å². The van der Waals surface area contributed by atoms with Gasteiger partial charge in [-0.1, -0.05) is 84.9 Å². The standard InChI is InChI=1S/C48H26N4S2/c49-27-36-41(51-37-13-5-1-11-34(37)45-39(51)19-17-32-30-9-3-7-15-43(30)53-47(32)45)25-29(28-21-23-50-24-22-28)26-42(36)52-38-14-6-2-12-35(38)46-40(52)20-18-33-31-10-4-8-16-44(31)54-48(33)46/h1-26H. The van der Waals surface area contributed by atoms with Crippen molar-refractivity contribution in [2.24, 2.45) is 0 Å². The maximum absolute atomic E-state index is 11.4. The zero-order chi connectivity index (χ0) is 35.5. The van der Waals surface area contributed by atoms with Crippen LogP contribution in [0, 0.1) is 11.3 Å². The Morgan fingerprint density at radius 1 is 0.444 bits per heavy atom. The van der Waals surface area contributed by atoms with Gasteiger partial charge in [-0.3, -0.25) is 4.98 Å². The van der Waals surface area contributed by atoms with Crippen LogP contribution in [0.25, 0.3) is 106 Å². The molecule has 6 heteroatoms. The van der Waals surface area contributed by atoms with Gasteiger partial charge >= 0.3 is 0 Å². The molecular formula is C48H26N4S2. The number of rotatable bonds is 3. The summed E-state index contributed by atoms with van der Waals surface area (Å²) in [4.78, 5) is 4.35. The minimum absolute atomic E-state index is 0.617. The van der Waals surface area contributed by atoms with E-state index in [1.54, 1.807) is 0 Å². The average Bonchev–Trinajstić information content (AvgIpc) is 3.98. The fraction of sp³-hybridized carbons (Fsp3) is 0. The number of hydrogen-bond acceptors (Lipinski definition) is 4. The highest BCUT2D eigenvalue weighted by molar-refractivity contribution is 7.27. The van der Waals surface area contributed by atoms with Gasteiger partial charge in [-0.25, -0.2) is 0 Å². The SMILES string of the molecule is N#Cc1c(-n2c3ccccc3c3c4sc5ccccc5c4ccc32)cc(-c2ccncc2)cc1-n1c2ccccc2c2c3sc4ccccc4c3ccc21. The third-order valence-electron chi connectivity index (χ3n) is 11.1. The van der Waals surface area contributed by atoms with Gasteiger partial charge in [-0.05, 0) is 71.8 Å². The lowest BCUT2D eigenvalue weighted by Crippen LogP contribution is -2.05. The number of aromatic nitrogens is 3. The molecule has 0 aliphatic rings. The van der Waals surface area contributed by atoms with Gasteiger partial charge in [0.15, 0.2) is 0 Å². The molecule has 5 aromatic heterocycles. The first kappa shape index (κ1) is 29.8. The molecule has 0 saturated heterocycles. The number of para-hydroxylation sites is 2. The van der Waals surface area contributed by atoms with Crippen molar-refractivity contribution in [2.45, 2.75) is 0 Å². The Hall–Kier alpha value is -6.78. The van der Waals surface area contributed by atoms with Gasteiger partial charge < -0.3 is 9.13 Å². The molecular weight excluding hydrogens is 697 g/mol. The normalized spacial score (nSPS) is 12.1. The zero-order valence-electron chi connectivity index (χ0n) is 28.6. The molecule has 7 aromatic carbocycles. The Morgan fingerprint density at radius 3 is 1.41 bits per heavy atom. The average molecular weight is 723 g/mol. The summed E-state index contributed by atoms with van der Waals surface area (Å²) in [5, 5.41) is 21.2. The van der Waals surface area contributed by atoms with E-state index in [2.05, 4.69) is 154 Å². The van der Waals surface area contributed by atoms with Crippen LogP contribution >= 0.6 is 22.7 Å². The number of nitriles is 1. The van der Waals surface area contributed by atoms with E-state index in [1.807, 2.05) is 47.2 Å². The molecule has 0 fully saturated rings. The molecule has 0 aliphatic heterocycles. The van der Waals surface area contributed by atoms with Crippen LogP contribution in [0.15, 0.2) is 158 Å². The topological polar surface area (TPSA) is 46.5 Å². The van der Waals surface area contributed by atoms with E-state index in [-0.39, 0.29) is 0 Å². The monoisotopic (exact) mass is 722 g/mol. The van der Waals surface area contributed by atoms with Crippen LogP contribution < -0.4 is 0 Å². The largest absolute Gasteiger partial charge is 0.308 e. The molecule has 0 aliphatic carbocycles. The first-order valence-corrected chi connectivity index (χ1v) is 19.6. The molecule has 0 amide bonds. The van der Waals surface area contributed by atoms with Crippen LogP contribution in [0.1, 0.15) is 5.56 Å². The Morgan fingerprint density at radius 2 is 0.907 bits per heavy atom. The van der Waals surface area contributed by atoms with Crippen LogP contribution in [0.2, 0.25) is 0 Å². The van der Waals surface area contributed by atoms with E-state index >= 15 is 0 Å². The number of fused-ring (bicyclic) bond motifs is 14. The molecule has 12 aromatic rings. The lowest BCUT2D eigenvalue weighted by molar-refractivity contribution is 1.12. The third kappa shape index (κ3) is 3.97. The van der Waals surface area contributed by atoms with Crippen molar-refractivity contribution >= 4 is 107 Å². The van der Waals surface area contributed by atoms with Crippen molar-refractivity contribution in [1.82, 2.24) is 14.1 Å².